The van der Waals surface area contributed by atoms with Crippen molar-refractivity contribution in [3.63, 3.8) is 0 Å². The Morgan fingerprint density at radius 3 is 2.28 bits per heavy atom. The zero-order valence-electron chi connectivity index (χ0n) is 15.3. The van der Waals surface area contributed by atoms with Crippen molar-refractivity contribution < 1.29 is 61.4 Å². The van der Waals surface area contributed by atoms with Gasteiger partial charge in [0, 0.05) is 6.20 Å². The number of aromatic amines is 1. The number of phosphoric ester groups is 1. The lowest BCUT2D eigenvalue weighted by molar-refractivity contribution is -0.0542. The monoisotopic (exact) mass is 588 g/mol. The van der Waals surface area contributed by atoms with Crippen LogP contribution in [0.1, 0.15) is 11.8 Å². The molecular weight excluding hydrogens is 573 g/mol. The Kier molecular flexibility index (Phi) is 8.75. The summed E-state index contributed by atoms with van der Waals surface area (Å²) in [6.07, 6.45) is -4.54. The maximum absolute atomic E-state index is 12.1. The summed E-state index contributed by atoms with van der Waals surface area (Å²) in [6.45, 7) is -1.06. The van der Waals surface area contributed by atoms with Gasteiger partial charge in [0.25, 0.3) is 5.56 Å². The molecule has 0 bridgehead atoms. The highest BCUT2D eigenvalue weighted by atomic mass is 79.9. The molecule has 1 aromatic heterocycles. The lowest BCUT2D eigenvalue weighted by atomic mass is 10.1. The van der Waals surface area contributed by atoms with Gasteiger partial charge in [-0.2, -0.15) is 8.62 Å². The number of H-pyrrole nitrogens is 1. The molecule has 1 aromatic rings. The first-order valence-electron chi connectivity index (χ1n) is 7.97. The van der Waals surface area contributed by atoms with Crippen molar-refractivity contribution in [1.29, 1.82) is 0 Å². The van der Waals surface area contributed by atoms with Crippen LogP contribution in [0.3, 0.4) is 0 Å². The van der Waals surface area contributed by atoms with Crippen molar-refractivity contribution in [2.75, 3.05) is 6.61 Å². The van der Waals surface area contributed by atoms with Gasteiger partial charge in [0.15, 0.2) is 6.23 Å². The number of phosphoric acid groups is 3. The summed E-state index contributed by atoms with van der Waals surface area (Å²) in [4.78, 5) is 62.5. The number of nitrogens with zero attached hydrogens (tertiary/aromatic N) is 1. The van der Waals surface area contributed by atoms with Crippen molar-refractivity contribution >= 4 is 45.5 Å². The highest BCUT2D eigenvalue weighted by Crippen LogP contribution is 2.66. The van der Waals surface area contributed by atoms with Crippen LogP contribution in [0.5, 0.6) is 0 Å². The summed E-state index contributed by atoms with van der Waals surface area (Å²) < 4.78 is 51.0. The molecule has 0 spiro atoms. The topological polar surface area (TPSA) is 264 Å². The summed E-state index contributed by atoms with van der Waals surface area (Å²) in [5, 5.41) is 20.3. The molecule has 17 nitrogen and oxygen atoms in total. The second-order valence-electron chi connectivity index (χ2n) is 5.98. The van der Waals surface area contributed by atoms with Crippen molar-refractivity contribution in [2.45, 2.75) is 24.5 Å². The van der Waals surface area contributed by atoms with E-state index in [0.717, 1.165) is 10.8 Å². The van der Waals surface area contributed by atoms with Crippen LogP contribution in [0.15, 0.2) is 20.8 Å². The number of rotatable bonds is 9. The third-order valence-corrected chi connectivity index (χ3v) is 7.73. The number of nitrogens with one attached hydrogen (secondary N) is 1. The SMILES string of the molecule is O=c1[nH]c(=O)n([C@@H]2O[C@H](COP(=O)(O)OP(=O)(O)OP(=O)(O)O)[C@@H](O)[C@H]2O)cc1/C=C\Br. The fraction of sp³-hybridized carbons (Fsp3) is 0.455. The van der Waals surface area contributed by atoms with Gasteiger partial charge in [-0.25, -0.2) is 18.5 Å². The molecule has 32 heavy (non-hydrogen) atoms. The number of aromatic nitrogens is 2. The number of aliphatic hydroxyl groups excluding tert-OH is 2. The van der Waals surface area contributed by atoms with E-state index in [1.807, 2.05) is 4.98 Å². The second-order valence-corrected chi connectivity index (χ2v) is 10.9. The van der Waals surface area contributed by atoms with Crippen molar-refractivity contribution in [3.8, 4) is 0 Å². The molecule has 0 aliphatic carbocycles. The molecule has 0 radical (unpaired) electrons. The Labute approximate surface area is 185 Å². The molecular formula is C11H16BrN2O15P3. The zero-order valence-corrected chi connectivity index (χ0v) is 19.5. The van der Waals surface area contributed by atoms with Gasteiger partial charge in [-0.1, -0.05) is 15.9 Å². The predicted octanol–water partition coefficient (Wildman–Crippen LogP) is -1.14. The second kappa shape index (κ2) is 10.2. The Morgan fingerprint density at radius 2 is 1.72 bits per heavy atom. The molecule has 21 heteroatoms. The van der Waals surface area contributed by atoms with Crippen LogP contribution in [-0.2, 0) is 31.6 Å². The highest BCUT2D eigenvalue weighted by molar-refractivity contribution is 9.11. The zero-order chi connectivity index (χ0) is 24.5. The summed E-state index contributed by atoms with van der Waals surface area (Å²) in [5.74, 6) is 0. The van der Waals surface area contributed by atoms with Crippen molar-refractivity contribution in [2.24, 2.45) is 0 Å². The fourth-order valence-electron chi connectivity index (χ4n) is 2.44. The Balaban J connectivity index is 2.14. The van der Waals surface area contributed by atoms with Crippen LogP contribution in [0.4, 0.5) is 0 Å². The maximum atomic E-state index is 12.1. The average Bonchev–Trinajstić information content (AvgIpc) is 2.87. The molecule has 1 saturated heterocycles. The van der Waals surface area contributed by atoms with Crippen LogP contribution in [-0.4, -0.2) is 64.3 Å². The van der Waals surface area contributed by atoms with E-state index in [1.165, 1.54) is 11.1 Å². The van der Waals surface area contributed by atoms with Crippen molar-refractivity contribution in [1.82, 2.24) is 9.55 Å². The van der Waals surface area contributed by atoms with Gasteiger partial charge in [-0.3, -0.25) is 18.9 Å². The Hall–Kier alpha value is -0.810. The molecule has 2 heterocycles. The Morgan fingerprint density at radius 1 is 1.09 bits per heavy atom. The van der Waals surface area contributed by atoms with E-state index in [-0.39, 0.29) is 5.56 Å². The van der Waals surface area contributed by atoms with Crippen LogP contribution in [0.2, 0.25) is 0 Å². The van der Waals surface area contributed by atoms with Crippen LogP contribution in [0, 0.1) is 0 Å². The minimum Gasteiger partial charge on any atom is -0.387 e. The fourth-order valence-corrected chi connectivity index (χ4v) is 5.76. The molecule has 182 valence electrons. The Bertz CT molecular complexity index is 1130. The largest absolute Gasteiger partial charge is 0.490 e. The first-order valence-corrected chi connectivity index (χ1v) is 13.4. The maximum Gasteiger partial charge on any atom is 0.490 e. The quantitative estimate of drug-likeness (QED) is 0.168. The van der Waals surface area contributed by atoms with Gasteiger partial charge in [0.1, 0.15) is 18.3 Å². The molecule has 2 unspecified atom stereocenters. The molecule has 1 fully saturated rings. The minimum absolute atomic E-state index is 0.0384. The number of hydrogen-bond acceptors (Lipinski definition) is 11. The first-order chi connectivity index (χ1) is 14.6. The van der Waals surface area contributed by atoms with E-state index in [2.05, 4.69) is 29.1 Å². The van der Waals surface area contributed by atoms with Gasteiger partial charge in [-0.05, 0) is 11.1 Å². The molecule has 1 aliphatic rings. The summed E-state index contributed by atoms with van der Waals surface area (Å²) in [7, 11) is -16.8. The number of aliphatic hydroxyl groups is 2. The lowest BCUT2D eigenvalue weighted by Crippen LogP contribution is -2.38. The third kappa shape index (κ3) is 7.35. The van der Waals surface area contributed by atoms with Crippen molar-refractivity contribution in [3.05, 3.63) is 37.6 Å². The molecule has 7 N–H and O–H groups in total. The number of halogens is 1. The van der Waals surface area contributed by atoms with E-state index >= 15 is 0 Å². The average molecular weight is 589 g/mol. The van der Waals surface area contributed by atoms with Gasteiger partial charge >= 0.3 is 29.2 Å². The van der Waals surface area contributed by atoms with Gasteiger partial charge < -0.3 is 34.5 Å². The van der Waals surface area contributed by atoms with E-state index in [4.69, 9.17) is 19.4 Å². The number of hydrogen-bond donors (Lipinski definition) is 7. The smallest absolute Gasteiger partial charge is 0.387 e. The molecule has 0 aromatic carbocycles. The molecule has 0 amide bonds. The highest BCUT2D eigenvalue weighted by Gasteiger charge is 2.46. The molecule has 6 atom stereocenters. The number of ether oxygens (including phenoxy) is 1. The summed E-state index contributed by atoms with van der Waals surface area (Å²) in [5.41, 5.74) is -1.82. The van der Waals surface area contributed by atoms with Crippen LogP contribution >= 0.6 is 39.4 Å². The van der Waals surface area contributed by atoms with Gasteiger partial charge in [0.2, 0.25) is 0 Å². The molecule has 2 rings (SSSR count). The standard InChI is InChI=1S/C11H16BrN2O15P3/c12-2-1-5-3-14(11(18)13-9(5)17)10-8(16)7(15)6(27-10)4-26-31(22,23)29-32(24,25)28-30(19,20)21/h1-3,6-8,10,15-16H,4H2,(H,22,23)(H,24,25)(H,13,17,18)(H2,19,20,21)/b2-1-/t6-,7-,8-,10-/m1/s1. The predicted molar refractivity (Wildman–Crippen MR) is 105 cm³/mol. The van der Waals surface area contributed by atoms with Gasteiger partial charge in [0.05, 0.1) is 12.2 Å². The summed E-state index contributed by atoms with van der Waals surface area (Å²) in [6, 6.07) is 0. The lowest BCUT2D eigenvalue weighted by Gasteiger charge is -2.19. The van der Waals surface area contributed by atoms with E-state index in [1.54, 1.807) is 0 Å². The molecule has 0 saturated carbocycles. The van der Waals surface area contributed by atoms with E-state index in [0.29, 0.717) is 0 Å². The van der Waals surface area contributed by atoms with E-state index < -0.39 is 65.9 Å². The van der Waals surface area contributed by atoms with E-state index in [9.17, 15) is 38.4 Å². The summed E-state index contributed by atoms with van der Waals surface area (Å²) >= 11 is 2.94. The third-order valence-electron chi connectivity index (χ3n) is 3.67. The van der Waals surface area contributed by atoms with Crippen LogP contribution < -0.4 is 11.2 Å². The minimum atomic E-state index is -5.75. The van der Waals surface area contributed by atoms with Gasteiger partial charge in [-0.15, -0.1) is 0 Å². The first kappa shape index (κ1) is 27.4. The molecule has 1 aliphatic heterocycles. The van der Waals surface area contributed by atoms with Crippen LogP contribution in [0.25, 0.3) is 6.08 Å². The normalized spacial score (nSPS) is 28.0.